The molecule has 88 valence electrons. The number of esters is 1. The molecule has 0 saturated heterocycles. The Hall–Kier alpha value is -0.903. The van der Waals surface area contributed by atoms with Gasteiger partial charge in [0.05, 0.1) is 20.6 Å². The molecule has 0 amide bonds. The number of hydrogen-bond donors (Lipinski definition) is 0. The van der Waals surface area contributed by atoms with E-state index in [4.69, 9.17) is 4.74 Å². The number of ether oxygens (including phenoxy) is 1. The van der Waals surface area contributed by atoms with Crippen LogP contribution in [-0.2, 0) is 14.3 Å². The molecule has 0 aliphatic heterocycles. The van der Waals surface area contributed by atoms with Crippen molar-refractivity contribution in [1.29, 1.82) is 0 Å². The molecule has 0 aromatic carbocycles. The van der Waals surface area contributed by atoms with Crippen LogP contribution in [0.2, 0.25) is 19.6 Å². The van der Waals surface area contributed by atoms with Crippen molar-refractivity contribution in [3.63, 3.8) is 0 Å². The predicted molar refractivity (Wildman–Crippen MR) is 63.5 cm³/mol. The van der Waals surface area contributed by atoms with Crippen LogP contribution < -0.4 is 0 Å². The topological polar surface area (TPSA) is 43.4 Å². The highest BCUT2D eigenvalue weighted by atomic mass is 28.3. The van der Waals surface area contributed by atoms with Crippen LogP contribution >= 0.6 is 0 Å². The zero-order valence-electron chi connectivity index (χ0n) is 10.5. The second kappa shape index (κ2) is 3.06. The molecule has 4 heteroatoms. The van der Waals surface area contributed by atoms with E-state index in [9.17, 15) is 9.59 Å². The summed E-state index contributed by atoms with van der Waals surface area (Å²) in [5, 5.41) is 1.23. The maximum Gasteiger partial charge on any atom is 0.312 e. The molecule has 0 aromatic rings. The first kappa shape index (κ1) is 11.6. The Morgan fingerprint density at radius 1 is 1.38 bits per heavy atom. The van der Waals surface area contributed by atoms with E-state index in [1.54, 1.807) is 6.08 Å². The molecule has 1 fully saturated rings. The maximum absolute atomic E-state index is 11.8. The van der Waals surface area contributed by atoms with Crippen molar-refractivity contribution in [2.24, 2.45) is 17.3 Å². The van der Waals surface area contributed by atoms with Gasteiger partial charge in [-0.15, -0.1) is 0 Å². The van der Waals surface area contributed by atoms with Gasteiger partial charge in [-0.1, -0.05) is 24.8 Å². The molecule has 0 bridgehead atoms. The molecule has 0 heterocycles. The van der Waals surface area contributed by atoms with Crippen molar-refractivity contribution in [1.82, 2.24) is 0 Å². The Labute approximate surface area is 96.9 Å². The molecule has 0 spiro atoms. The largest absolute Gasteiger partial charge is 0.469 e. The predicted octanol–water partition coefficient (Wildman–Crippen LogP) is 1.80. The molecule has 0 unspecified atom stereocenters. The number of carbonyl (C=O) groups is 2. The molecule has 2 aliphatic carbocycles. The lowest BCUT2D eigenvalue weighted by molar-refractivity contribution is -0.148. The average molecular weight is 238 g/mol. The SMILES string of the molecule is COC(=O)[C@]1(C)[C@@H]2C(=O)C=C([Si](C)(C)C)[C@@H]21. The Balaban J connectivity index is 2.35. The van der Waals surface area contributed by atoms with Crippen LogP contribution in [0.25, 0.3) is 0 Å². The minimum Gasteiger partial charge on any atom is -0.469 e. The van der Waals surface area contributed by atoms with E-state index in [0.29, 0.717) is 0 Å². The maximum atomic E-state index is 11.8. The van der Waals surface area contributed by atoms with Gasteiger partial charge in [-0.25, -0.2) is 0 Å². The first-order chi connectivity index (χ1) is 7.24. The minimum atomic E-state index is -1.50. The number of methoxy groups -OCH3 is 1. The first-order valence-corrected chi connectivity index (χ1v) is 9.09. The van der Waals surface area contributed by atoms with Gasteiger partial charge in [0, 0.05) is 11.8 Å². The summed E-state index contributed by atoms with van der Waals surface area (Å²) in [5.41, 5.74) is -0.573. The molecule has 2 aliphatic rings. The summed E-state index contributed by atoms with van der Waals surface area (Å²) in [5.74, 6) is -0.129. The Morgan fingerprint density at radius 3 is 2.38 bits per heavy atom. The van der Waals surface area contributed by atoms with E-state index >= 15 is 0 Å². The fourth-order valence-electron chi connectivity index (χ4n) is 2.96. The van der Waals surface area contributed by atoms with Gasteiger partial charge in [-0.3, -0.25) is 9.59 Å². The summed E-state index contributed by atoms with van der Waals surface area (Å²) in [4.78, 5) is 23.6. The van der Waals surface area contributed by atoms with Crippen molar-refractivity contribution in [2.45, 2.75) is 26.6 Å². The summed E-state index contributed by atoms with van der Waals surface area (Å²) in [6.07, 6.45) is 1.78. The lowest BCUT2D eigenvalue weighted by Gasteiger charge is -2.22. The van der Waals surface area contributed by atoms with Crippen LogP contribution in [0, 0.1) is 17.3 Å². The summed E-state index contributed by atoms with van der Waals surface area (Å²) in [6, 6.07) is 0. The molecule has 0 radical (unpaired) electrons. The van der Waals surface area contributed by atoms with Gasteiger partial charge in [-0.05, 0) is 13.0 Å². The third-order valence-corrected chi connectivity index (χ3v) is 6.13. The highest BCUT2D eigenvalue weighted by molar-refractivity contribution is 6.83. The summed E-state index contributed by atoms with van der Waals surface area (Å²) < 4.78 is 4.82. The third-order valence-electron chi connectivity index (χ3n) is 3.95. The average Bonchev–Trinajstić information content (AvgIpc) is 2.59. The van der Waals surface area contributed by atoms with E-state index in [0.717, 1.165) is 0 Å². The number of fused-ring (bicyclic) bond motifs is 1. The highest BCUT2D eigenvalue weighted by Gasteiger charge is 2.74. The van der Waals surface area contributed by atoms with Crippen LogP contribution in [0.1, 0.15) is 6.92 Å². The Bertz CT molecular complexity index is 405. The van der Waals surface area contributed by atoms with Crippen molar-refractivity contribution in [3.05, 3.63) is 11.3 Å². The van der Waals surface area contributed by atoms with Crippen LogP contribution in [0.4, 0.5) is 0 Å². The van der Waals surface area contributed by atoms with E-state index in [2.05, 4.69) is 19.6 Å². The molecule has 1 saturated carbocycles. The number of ketones is 1. The van der Waals surface area contributed by atoms with Gasteiger partial charge < -0.3 is 4.74 Å². The molecule has 2 rings (SSSR count). The van der Waals surface area contributed by atoms with E-state index in [1.807, 2.05) is 6.92 Å². The second-order valence-electron chi connectivity index (χ2n) is 5.98. The molecule has 0 N–H and O–H groups in total. The number of rotatable bonds is 2. The van der Waals surface area contributed by atoms with E-state index in [-0.39, 0.29) is 23.6 Å². The lowest BCUT2D eigenvalue weighted by Crippen LogP contribution is -2.29. The summed E-state index contributed by atoms with van der Waals surface area (Å²) in [7, 11) is -0.109. The van der Waals surface area contributed by atoms with E-state index < -0.39 is 13.5 Å². The van der Waals surface area contributed by atoms with Crippen molar-refractivity contribution >= 4 is 19.8 Å². The zero-order chi connectivity index (χ0) is 12.3. The number of allylic oxidation sites excluding steroid dienone is 2. The summed E-state index contributed by atoms with van der Waals surface area (Å²) in [6.45, 7) is 8.50. The smallest absolute Gasteiger partial charge is 0.312 e. The van der Waals surface area contributed by atoms with Gasteiger partial charge in [0.15, 0.2) is 5.78 Å². The number of carbonyl (C=O) groups excluding carboxylic acids is 2. The fraction of sp³-hybridized carbons (Fsp3) is 0.667. The minimum absolute atomic E-state index is 0.121. The quantitative estimate of drug-likeness (QED) is 0.544. The van der Waals surface area contributed by atoms with Gasteiger partial charge in [0.25, 0.3) is 0 Å². The van der Waals surface area contributed by atoms with Crippen LogP contribution in [0.5, 0.6) is 0 Å². The van der Waals surface area contributed by atoms with Crippen molar-refractivity contribution in [3.8, 4) is 0 Å². The molecular weight excluding hydrogens is 220 g/mol. The van der Waals surface area contributed by atoms with Gasteiger partial charge in [0.2, 0.25) is 0 Å². The Kier molecular flexibility index (Phi) is 2.22. The molecular formula is C12H18O3Si. The summed E-state index contributed by atoms with van der Waals surface area (Å²) >= 11 is 0. The standard InChI is InChI=1S/C12H18O3Si/c1-12(11(14)15-2)9-7(13)6-8(10(9)12)16(3,4)5/h6,9-10H,1-5H3/t9-,10+,12-/m1/s1. The molecule has 3 atom stereocenters. The Morgan fingerprint density at radius 2 is 1.94 bits per heavy atom. The van der Waals surface area contributed by atoms with Crippen LogP contribution in [-0.4, -0.2) is 26.9 Å². The van der Waals surface area contributed by atoms with Gasteiger partial charge >= 0.3 is 5.97 Å². The number of hydrogen-bond acceptors (Lipinski definition) is 3. The lowest BCUT2D eigenvalue weighted by atomic mass is 10.0. The molecule has 3 nitrogen and oxygen atoms in total. The first-order valence-electron chi connectivity index (χ1n) is 5.59. The second-order valence-corrected chi connectivity index (χ2v) is 11.1. The van der Waals surface area contributed by atoms with Gasteiger partial charge in [-0.2, -0.15) is 0 Å². The van der Waals surface area contributed by atoms with Crippen molar-refractivity contribution < 1.29 is 14.3 Å². The highest BCUT2D eigenvalue weighted by Crippen LogP contribution is 2.67. The fourth-order valence-corrected chi connectivity index (χ4v) is 4.94. The zero-order valence-corrected chi connectivity index (χ0v) is 11.5. The third kappa shape index (κ3) is 1.25. The molecule has 16 heavy (non-hydrogen) atoms. The van der Waals surface area contributed by atoms with Gasteiger partial charge in [0.1, 0.15) is 0 Å². The van der Waals surface area contributed by atoms with E-state index in [1.165, 1.54) is 12.3 Å². The van der Waals surface area contributed by atoms with Crippen LogP contribution in [0.3, 0.4) is 0 Å². The molecule has 0 aromatic heterocycles. The normalized spacial score (nSPS) is 36.8. The van der Waals surface area contributed by atoms with Crippen LogP contribution in [0.15, 0.2) is 11.3 Å². The monoisotopic (exact) mass is 238 g/mol. The van der Waals surface area contributed by atoms with Crippen molar-refractivity contribution in [2.75, 3.05) is 7.11 Å².